The largest absolute Gasteiger partial charge is 0.497 e. The van der Waals surface area contributed by atoms with E-state index in [0.29, 0.717) is 20.5 Å². The Kier molecular flexibility index (Phi) is 5.93. The highest BCUT2D eigenvalue weighted by atomic mass is 32.2. The van der Waals surface area contributed by atoms with Crippen LogP contribution in [0.25, 0.3) is 6.08 Å². The molecule has 0 bridgehead atoms. The summed E-state index contributed by atoms with van der Waals surface area (Å²) in [4.78, 5) is 27.2. The topological polar surface area (TPSA) is 55.8 Å². The van der Waals surface area contributed by atoms with Crippen LogP contribution in [0.3, 0.4) is 0 Å². The van der Waals surface area contributed by atoms with Crippen LogP contribution in [0.1, 0.15) is 17.2 Å². The molecule has 1 aliphatic heterocycles. The van der Waals surface area contributed by atoms with Crippen LogP contribution in [-0.2, 0) is 14.3 Å². The fourth-order valence-corrected chi connectivity index (χ4v) is 4.04. The second kappa shape index (κ2) is 8.37. The number of hydrogen-bond acceptors (Lipinski definition) is 6. The molecule has 1 unspecified atom stereocenters. The number of esters is 1. The van der Waals surface area contributed by atoms with Crippen LogP contribution in [-0.4, -0.2) is 35.3 Å². The van der Waals surface area contributed by atoms with E-state index in [9.17, 15) is 9.59 Å². The first-order valence-corrected chi connectivity index (χ1v) is 9.31. The maximum atomic E-state index is 13.0. The van der Waals surface area contributed by atoms with Crippen molar-refractivity contribution in [2.75, 3.05) is 14.2 Å². The van der Waals surface area contributed by atoms with Gasteiger partial charge in [0.2, 0.25) is 0 Å². The highest BCUT2D eigenvalue weighted by Crippen LogP contribution is 2.38. The molecule has 27 heavy (non-hydrogen) atoms. The number of thiocarbonyl (C=S) groups is 1. The molecule has 1 atom stereocenters. The van der Waals surface area contributed by atoms with Crippen molar-refractivity contribution in [1.82, 2.24) is 4.90 Å². The highest BCUT2D eigenvalue weighted by Gasteiger charge is 2.41. The van der Waals surface area contributed by atoms with Gasteiger partial charge in [0.05, 0.1) is 19.1 Å². The number of carbonyl (C=O) groups is 2. The van der Waals surface area contributed by atoms with Crippen molar-refractivity contribution >= 4 is 46.3 Å². The number of amides is 1. The fraction of sp³-hybridized carbons (Fsp3) is 0.150. The molecular weight excluding hydrogens is 382 g/mol. The van der Waals surface area contributed by atoms with Gasteiger partial charge >= 0.3 is 5.97 Å². The number of carbonyl (C=O) groups excluding carboxylic acids is 2. The van der Waals surface area contributed by atoms with Crippen molar-refractivity contribution in [3.05, 3.63) is 70.6 Å². The maximum Gasteiger partial charge on any atom is 0.333 e. The van der Waals surface area contributed by atoms with E-state index >= 15 is 0 Å². The van der Waals surface area contributed by atoms with E-state index in [0.717, 1.165) is 17.3 Å². The van der Waals surface area contributed by atoms with Crippen molar-refractivity contribution in [1.29, 1.82) is 0 Å². The molecular formula is C20H17NO4S2. The molecule has 1 amide bonds. The molecule has 0 saturated carbocycles. The van der Waals surface area contributed by atoms with Gasteiger partial charge in [0, 0.05) is 0 Å². The Morgan fingerprint density at radius 2 is 1.89 bits per heavy atom. The summed E-state index contributed by atoms with van der Waals surface area (Å²) in [5.41, 5.74) is 1.45. The number of rotatable bonds is 5. The fourth-order valence-electron chi connectivity index (χ4n) is 2.72. The Hall–Kier alpha value is -2.64. The molecule has 1 aliphatic rings. The molecule has 5 nitrogen and oxygen atoms in total. The average molecular weight is 399 g/mol. The zero-order chi connectivity index (χ0) is 19.4. The molecule has 7 heteroatoms. The minimum absolute atomic E-state index is 0.313. The summed E-state index contributed by atoms with van der Waals surface area (Å²) >= 11 is 6.56. The Bertz CT molecular complexity index is 911. The molecule has 138 valence electrons. The number of nitrogens with zero attached hydrogens (tertiary/aromatic N) is 1. The Labute approximate surface area is 167 Å². The smallest absolute Gasteiger partial charge is 0.333 e. The zero-order valence-corrected chi connectivity index (χ0v) is 16.4. The van der Waals surface area contributed by atoms with Gasteiger partial charge in [0.15, 0.2) is 6.04 Å². The first-order valence-electron chi connectivity index (χ1n) is 8.09. The van der Waals surface area contributed by atoms with E-state index in [1.165, 1.54) is 12.0 Å². The Balaban J connectivity index is 1.96. The van der Waals surface area contributed by atoms with Crippen molar-refractivity contribution in [2.24, 2.45) is 0 Å². The van der Waals surface area contributed by atoms with Gasteiger partial charge in [-0.15, -0.1) is 0 Å². The van der Waals surface area contributed by atoms with E-state index < -0.39 is 12.0 Å². The standard InChI is InChI=1S/C20H17NO4S2/c1-24-15-10-6-7-13(11-15)12-16-18(22)21(20(26)27-16)17(19(23)25-2)14-8-4-3-5-9-14/h3-12,17H,1-2H3/b16-12+. The monoisotopic (exact) mass is 399 g/mol. The summed E-state index contributed by atoms with van der Waals surface area (Å²) in [5.74, 6) is -0.178. The minimum Gasteiger partial charge on any atom is -0.497 e. The molecule has 0 spiro atoms. The number of methoxy groups -OCH3 is 2. The average Bonchev–Trinajstić information content (AvgIpc) is 2.96. The van der Waals surface area contributed by atoms with Gasteiger partial charge in [-0.3, -0.25) is 9.69 Å². The van der Waals surface area contributed by atoms with Gasteiger partial charge in [-0.1, -0.05) is 66.4 Å². The molecule has 0 aliphatic carbocycles. The van der Waals surface area contributed by atoms with Crippen LogP contribution in [0.15, 0.2) is 59.5 Å². The third kappa shape index (κ3) is 4.04. The second-order valence-corrected chi connectivity index (χ2v) is 7.34. The molecule has 3 rings (SSSR count). The quantitative estimate of drug-likeness (QED) is 0.433. The summed E-state index contributed by atoms with van der Waals surface area (Å²) in [5, 5.41) is 0. The van der Waals surface area contributed by atoms with Crippen LogP contribution in [0, 0.1) is 0 Å². The third-order valence-electron chi connectivity index (χ3n) is 4.01. The molecule has 0 radical (unpaired) electrons. The molecule has 0 aromatic heterocycles. The van der Waals surface area contributed by atoms with E-state index in [-0.39, 0.29) is 5.91 Å². The van der Waals surface area contributed by atoms with Gasteiger partial charge in [-0.05, 0) is 29.3 Å². The van der Waals surface area contributed by atoms with Gasteiger partial charge in [-0.25, -0.2) is 4.79 Å². The van der Waals surface area contributed by atoms with Crippen LogP contribution in [0.4, 0.5) is 0 Å². The lowest BCUT2D eigenvalue weighted by atomic mass is 10.1. The SMILES string of the molecule is COC(=O)C(c1ccccc1)N1C(=O)/C(=C\c2cccc(OC)c2)SC1=S. The Morgan fingerprint density at radius 1 is 1.15 bits per heavy atom. The third-order valence-corrected chi connectivity index (χ3v) is 5.34. The molecule has 2 aromatic rings. The summed E-state index contributed by atoms with van der Waals surface area (Å²) < 4.78 is 10.4. The van der Waals surface area contributed by atoms with Crippen LogP contribution in [0.2, 0.25) is 0 Å². The maximum absolute atomic E-state index is 13.0. The van der Waals surface area contributed by atoms with Gasteiger partial charge in [-0.2, -0.15) is 0 Å². The van der Waals surface area contributed by atoms with Gasteiger partial charge in [0.1, 0.15) is 10.1 Å². The summed E-state index contributed by atoms with van der Waals surface area (Å²) in [6.45, 7) is 0. The lowest BCUT2D eigenvalue weighted by Crippen LogP contribution is -2.37. The zero-order valence-electron chi connectivity index (χ0n) is 14.7. The first kappa shape index (κ1) is 19.1. The normalized spacial score (nSPS) is 16.5. The van der Waals surface area contributed by atoms with Crippen molar-refractivity contribution in [2.45, 2.75) is 6.04 Å². The van der Waals surface area contributed by atoms with Crippen LogP contribution in [0.5, 0.6) is 5.75 Å². The Morgan fingerprint density at radius 3 is 2.56 bits per heavy atom. The summed E-state index contributed by atoms with van der Waals surface area (Å²) in [6.07, 6.45) is 1.74. The van der Waals surface area contributed by atoms with Crippen LogP contribution < -0.4 is 4.74 Å². The van der Waals surface area contributed by atoms with Gasteiger partial charge < -0.3 is 9.47 Å². The van der Waals surface area contributed by atoms with Crippen molar-refractivity contribution < 1.29 is 19.1 Å². The highest BCUT2D eigenvalue weighted by molar-refractivity contribution is 8.26. The predicted molar refractivity (Wildman–Crippen MR) is 109 cm³/mol. The number of ether oxygens (including phenoxy) is 2. The van der Waals surface area contributed by atoms with E-state index in [4.69, 9.17) is 21.7 Å². The number of thioether (sulfide) groups is 1. The molecule has 0 N–H and O–H groups in total. The number of benzene rings is 2. The summed E-state index contributed by atoms with van der Waals surface area (Å²) in [7, 11) is 2.88. The molecule has 1 fully saturated rings. The second-order valence-electron chi connectivity index (χ2n) is 5.66. The molecule has 1 heterocycles. The van der Waals surface area contributed by atoms with Crippen molar-refractivity contribution in [3.63, 3.8) is 0 Å². The van der Waals surface area contributed by atoms with Crippen LogP contribution >= 0.6 is 24.0 Å². The molecule has 2 aromatic carbocycles. The van der Waals surface area contributed by atoms with Crippen molar-refractivity contribution in [3.8, 4) is 5.75 Å². The van der Waals surface area contributed by atoms with E-state index in [1.807, 2.05) is 30.3 Å². The summed E-state index contributed by atoms with van der Waals surface area (Å²) in [6, 6.07) is 15.4. The number of hydrogen-bond donors (Lipinski definition) is 0. The molecule has 1 saturated heterocycles. The predicted octanol–water partition coefficient (Wildman–Crippen LogP) is 3.81. The first-order chi connectivity index (χ1) is 13.0. The van der Waals surface area contributed by atoms with Gasteiger partial charge in [0.25, 0.3) is 5.91 Å². The lowest BCUT2D eigenvalue weighted by Gasteiger charge is -2.24. The van der Waals surface area contributed by atoms with E-state index in [2.05, 4.69) is 0 Å². The van der Waals surface area contributed by atoms with E-state index in [1.54, 1.807) is 37.5 Å². The lowest BCUT2D eigenvalue weighted by molar-refractivity contribution is -0.148. The minimum atomic E-state index is -0.917.